The Kier molecular flexibility index (Phi) is 4.93. The van der Waals surface area contributed by atoms with E-state index in [0.29, 0.717) is 13.0 Å². The zero-order valence-corrected chi connectivity index (χ0v) is 13.6. The standard InChI is InChI=1S/C17H22N2O4/c1-17(2,3)23-16(22)18-9-8-12-10-19(11-15(20)21)14-7-5-4-6-13(12)14/h4-7,10H,8-9,11H2,1-3H3,(H,18,22)(H,20,21). The van der Waals surface area contributed by atoms with Crippen LogP contribution in [0.15, 0.2) is 30.5 Å². The van der Waals surface area contributed by atoms with Crippen molar-refractivity contribution in [1.82, 2.24) is 9.88 Å². The van der Waals surface area contributed by atoms with Crippen LogP contribution in [0, 0.1) is 0 Å². The van der Waals surface area contributed by atoms with Crippen molar-refractivity contribution in [3.63, 3.8) is 0 Å². The molecule has 1 aromatic heterocycles. The Morgan fingerprint density at radius 2 is 1.96 bits per heavy atom. The van der Waals surface area contributed by atoms with Gasteiger partial charge in [0.05, 0.1) is 0 Å². The minimum Gasteiger partial charge on any atom is -0.480 e. The van der Waals surface area contributed by atoms with E-state index in [9.17, 15) is 9.59 Å². The largest absolute Gasteiger partial charge is 0.480 e. The van der Waals surface area contributed by atoms with Gasteiger partial charge in [-0.2, -0.15) is 0 Å². The zero-order chi connectivity index (χ0) is 17.0. The summed E-state index contributed by atoms with van der Waals surface area (Å²) in [6.45, 7) is 5.78. The highest BCUT2D eigenvalue weighted by Gasteiger charge is 2.16. The van der Waals surface area contributed by atoms with Crippen LogP contribution in [0.1, 0.15) is 26.3 Å². The van der Waals surface area contributed by atoms with E-state index >= 15 is 0 Å². The number of carboxylic acid groups (broad SMARTS) is 1. The highest BCUT2D eigenvalue weighted by Crippen LogP contribution is 2.21. The lowest BCUT2D eigenvalue weighted by Gasteiger charge is -2.19. The van der Waals surface area contributed by atoms with Crippen LogP contribution in [0.4, 0.5) is 4.79 Å². The number of benzene rings is 1. The van der Waals surface area contributed by atoms with Crippen molar-refractivity contribution >= 4 is 23.0 Å². The Morgan fingerprint density at radius 3 is 2.61 bits per heavy atom. The molecule has 0 spiro atoms. The minimum absolute atomic E-state index is 0.0833. The second-order valence-electron chi connectivity index (χ2n) is 6.37. The molecule has 0 unspecified atom stereocenters. The van der Waals surface area contributed by atoms with Crippen molar-refractivity contribution < 1.29 is 19.4 Å². The predicted octanol–water partition coefficient (Wildman–Crippen LogP) is 2.79. The molecule has 0 aliphatic carbocycles. The lowest BCUT2D eigenvalue weighted by molar-refractivity contribution is -0.137. The average Bonchev–Trinajstić information content (AvgIpc) is 2.75. The molecule has 2 aromatic rings. The molecule has 1 aromatic carbocycles. The molecular formula is C17H22N2O4. The minimum atomic E-state index is -0.885. The molecular weight excluding hydrogens is 296 g/mol. The molecule has 0 saturated carbocycles. The molecule has 0 aliphatic heterocycles. The van der Waals surface area contributed by atoms with Crippen LogP contribution in [0.2, 0.25) is 0 Å². The summed E-state index contributed by atoms with van der Waals surface area (Å²) in [5.74, 6) is -0.885. The van der Waals surface area contributed by atoms with Gasteiger partial charge >= 0.3 is 12.1 Å². The number of carboxylic acids is 1. The maximum atomic E-state index is 11.6. The van der Waals surface area contributed by atoms with Gasteiger partial charge in [-0.25, -0.2) is 4.79 Å². The predicted molar refractivity (Wildman–Crippen MR) is 87.5 cm³/mol. The van der Waals surface area contributed by atoms with Crippen molar-refractivity contribution in [2.75, 3.05) is 6.54 Å². The van der Waals surface area contributed by atoms with Gasteiger partial charge in [0.25, 0.3) is 0 Å². The zero-order valence-electron chi connectivity index (χ0n) is 13.6. The maximum Gasteiger partial charge on any atom is 0.407 e. The lowest BCUT2D eigenvalue weighted by atomic mass is 10.1. The molecule has 1 amide bonds. The molecule has 2 N–H and O–H groups in total. The summed E-state index contributed by atoms with van der Waals surface area (Å²) < 4.78 is 6.90. The highest BCUT2D eigenvalue weighted by molar-refractivity contribution is 5.85. The van der Waals surface area contributed by atoms with Gasteiger partial charge in [-0.3, -0.25) is 4.79 Å². The Labute approximate surface area is 135 Å². The summed E-state index contributed by atoms with van der Waals surface area (Å²) in [6.07, 6.45) is 1.98. The van der Waals surface area contributed by atoms with Crippen LogP contribution in [0.5, 0.6) is 0 Å². The van der Waals surface area contributed by atoms with Gasteiger partial charge in [0.15, 0.2) is 0 Å². The number of para-hydroxylation sites is 1. The van der Waals surface area contributed by atoms with Crippen LogP contribution in [0.3, 0.4) is 0 Å². The molecule has 23 heavy (non-hydrogen) atoms. The van der Waals surface area contributed by atoms with Gasteiger partial charge in [-0.15, -0.1) is 0 Å². The number of aromatic nitrogens is 1. The summed E-state index contributed by atoms with van der Waals surface area (Å²) in [6, 6.07) is 7.64. The van der Waals surface area contributed by atoms with Crippen molar-refractivity contribution in [2.45, 2.75) is 39.3 Å². The molecule has 0 bridgehead atoms. The summed E-state index contributed by atoms with van der Waals surface area (Å²) in [7, 11) is 0. The number of nitrogens with zero attached hydrogens (tertiary/aromatic N) is 1. The van der Waals surface area contributed by atoms with Gasteiger partial charge in [0.1, 0.15) is 12.1 Å². The number of alkyl carbamates (subject to hydrolysis) is 1. The quantitative estimate of drug-likeness (QED) is 0.888. The van der Waals surface area contributed by atoms with Gasteiger partial charge in [0, 0.05) is 23.6 Å². The van der Waals surface area contributed by atoms with E-state index in [1.165, 1.54) is 0 Å². The average molecular weight is 318 g/mol. The highest BCUT2D eigenvalue weighted by atomic mass is 16.6. The smallest absolute Gasteiger partial charge is 0.407 e. The van der Waals surface area contributed by atoms with E-state index in [4.69, 9.17) is 9.84 Å². The summed E-state index contributed by atoms with van der Waals surface area (Å²) >= 11 is 0. The lowest BCUT2D eigenvalue weighted by Crippen LogP contribution is -2.33. The Bertz CT molecular complexity index is 713. The van der Waals surface area contributed by atoms with Gasteiger partial charge in [0.2, 0.25) is 0 Å². The van der Waals surface area contributed by atoms with Gasteiger partial charge in [-0.1, -0.05) is 18.2 Å². The third-order valence-electron chi connectivity index (χ3n) is 3.24. The number of hydrogen-bond acceptors (Lipinski definition) is 3. The first-order chi connectivity index (χ1) is 10.8. The van der Waals surface area contributed by atoms with Crippen LogP contribution in [-0.2, 0) is 22.5 Å². The monoisotopic (exact) mass is 318 g/mol. The third-order valence-corrected chi connectivity index (χ3v) is 3.24. The summed E-state index contributed by atoms with van der Waals surface area (Å²) in [5.41, 5.74) is 1.35. The molecule has 0 saturated heterocycles. The van der Waals surface area contributed by atoms with Gasteiger partial charge < -0.3 is 19.7 Å². The topological polar surface area (TPSA) is 80.6 Å². The second kappa shape index (κ2) is 6.73. The number of ether oxygens (including phenoxy) is 1. The summed E-state index contributed by atoms with van der Waals surface area (Å²) in [4.78, 5) is 22.6. The van der Waals surface area contributed by atoms with E-state index in [2.05, 4.69) is 5.32 Å². The molecule has 124 valence electrons. The fraction of sp³-hybridized carbons (Fsp3) is 0.412. The van der Waals surface area contributed by atoms with E-state index in [-0.39, 0.29) is 6.54 Å². The number of fused-ring (bicyclic) bond motifs is 1. The van der Waals surface area contributed by atoms with E-state index < -0.39 is 17.7 Å². The molecule has 6 heteroatoms. The number of carbonyl (C=O) groups is 2. The third kappa shape index (κ3) is 4.74. The van der Waals surface area contributed by atoms with Crippen LogP contribution >= 0.6 is 0 Å². The number of amides is 1. The number of nitrogens with one attached hydrogen (secondary N) is 1. The first-order valence-electron chi connectivity index (χ1n) is 7.51. The number of hydrogen-bond donors (Lipinski definition) is 2. The van der Waals surface area contributed by atoms with E-state index in [1.807, 2.05) is 51.2 Å². The fourth-order valence-electron chi connectivity index (χ4n) is 2.41. The SMILES string of the molecule is CC(C)(C)OC(=O)NCCc1cn(CC(=O)O)c2ccccc12. The van der Waals surface area contributed by atoms with E-state index in [1.54, 1.807) is 4.57 Å². The molecule has 0 aliphatic rings. The molecule has 6 nitrogen and oxygen atoms in total. The van der Waals surface area contributed by atoms with Crippen LogP contribution in [-0.4, -0.2) is 33.9 Å². The molecule has 2 rings (SSSR count). The van der Waals surface area contributed by atoms with E-state index in [0.717, 1.165) is 16.5 Å². The Hall–Kier alpha value is -2.50. The van der Waals surface area contributed by atoms with Crippen molar-refractivity contribution in [3.8, 4) is 0 Å². The van der Waals surface area contributed by atoms with Crippen molar-refractivity contribution in [3.05, 3.63) is 36.0 Å². The fourth-order valence-corrected chi connectivity index (χ4v) is 2.41. The maximum absolute atomic E-state index is 11.6. The van der Waals surface area contributed by atoms with Crippen LogP contribution in [0.25, 0.3) is 10.9 Å². The molecule has 1 heterocycles. The normalized spacial score (nSPS) is 11.4. The first-order valence-corrected chi connectivity index (χ1v) is 7.51. The molecule has 0 radical (unpaired) electrons. The van der Waals surface area contributed by atoms with Crippen molar-refractivity contribution in [1.29, 1.82) is 0 Å². The van der Waals surface area contributed by atoms with Gasteiger partial charge in [-0.05, 0) is 38.8 Å². The Balaban J connectivity index is 2.06. The van der Waals surface area contributed by atoms with Crippen molar-refractivity contribution in [2.24, 2.45) is 0 Å². The molecule has 0 fully saturated rings. The summed E-state index contributed by atoms with van der Waals surface area (Å²) in [5, 5.41) is 12.7. The Morgan fingerprint density at radius 1 is 1.26 bits per heavy atom. The molecule has 0 atom stereocenters. The first kappa shape index (κ1) is 16.9. The number of aliphatic carboxylic acids is 1. The number of rotatable bonds is 5. The van der Waals surface area contributed by atoms with Crippen LogP contribution < -0.4 is 5.32 Å². The number of carbonyl (C=O) groups excluding carboxylic acids is 1. The second-order valence-corrected chi connectivity index (χ2v) is 6.37.